The number of amidine groups is 1. The smallest absolute Gasteiger partial charge is 0.153 e. The Labute approximate surface area is 137 Å². The number of rotatable bonds is 5. The number of aliphatic imine (C=N–C) groups is 1. The Hall–Kier alpha value is -2.33. The molecule has 0 radical (unpaired) electrons. The van der Waals surface area contributed by atoms with Crippen LogP contribution in [0.4, 0.5) is 5.69 Å². The first kappa shape index (κ1) is 15.6. The normalized spacial score (nSPS) is 17.8. The van der Waals surface area contributed by atoms with Crippen LogP contribution < -0.4 is 15.8 Å². The number of benzene rings is 2. The predicted molar refractivity (Wildman–Crippen MR) is 94.3 cm³/mol. The third kappa shape index (κ3) is 3.90. The number of nitrogens with two attached hydrogens (primary N) is 1. The molecule has 1 heterocycles. The van der Waals surface area contributed by atoms with Gasteiger partial charge in [-0.25, -0.2) is 4.99 Å². The maximum Gasteiger partial charge on any atom is 0.153 e. The molecule has 0 saturated heterocycles. The minimum atomic E-state index is -0.153. The molecule has 1 aliphatic rings. The van der Waals surface area contributed by atoms with Crippen molar-refractivity contribution < 1.29 is 4.74 Å². The third-order valence-corrected chi connectivity index (χ3v) is 4.03. The van der Waals surface area contributed by atoms with Gasteiger partial charge in [-0.05, 0) is 43.5 Å². The van der Waals surface area contributed by atoms with Crippen LogP contribution in [0.15, 0.2) is 53.5 Å². The highest BCUT2D eigenvalue weighted by atomic mass is 16.5. The summed E-state index contributed by atoms with van der Waals surface area (Å²) in [6.45, 7) is 4.97. The van der Waals surface area contributed by atoms with E-state index in [1.54, 1.807) is 0 Å². The molecule has 0 aromatic heterocycles. The van der Waals surface area contributed by atoms with Gasteiger partial charge >= 0.3 is 0 Å². The second kappa shape index (κ2) is 6.84. The summed E-state index contributed by atoms with van der Waals surface area (Å²) in [7, 11) is 0. The SMILES string of the molecule is CC(Cc1ccc2c(c1)N=C(N)C(C)O2)NCc1ccccc1. The van der Waals surface area contributed by atoms with Gasteiger partial charge in [0.05, 0.1) is 0 Å². The number of ether oxygens (including phenoxy) is 1. The Kier molecular flexibility index (Phi) is 4.63. The van der Waals surface area contributed by atoms with Crippen molar-refractivity contribution in [3.05, 3.63) is 59.7 Å². The van der Waals surface area contributed by atoms with Crippen molar-refractivity contribution >= 4 is 11.5 Å². The molecule has 120 valence electrons. The Bertz CT molecular complexity index is 697. The minimum Gasteiger partial charge on any atom is -0.481 e. The molecule has 1 aliphatic heterocycles. The van der Waals surface area contributed by atoms with Gasteiger partial charge in [-0.15, -0.1) is 0 Å². The first-order valence-electron chi connectivity index (χ1n) is 8.03. The van der Waals surface area contributed by atoms with E-state index in [0.29, 0.717) is 11.9 Å². The molecule has 0 spiro atoms. The quantitative estimate of drug-likeness (QED) is 0.892. The topological polar surface area (TPSA) is 59.6 Å². The van der Waals surface area contributed by atoms with Gasteiger partial charge in [0.2, 0.25) is 0 Å². The Morgan fingerprint density at radius 2 is 1.96 bits per heavy atom. The predicted octanol–water partition coefficient (Wildman–Crippen LogP) is 3.18. The summed E-state index contributed by atoms with van der Waals surface area (Å²) in [5.74, 6) is 1.34. The van der Waals surface area contributed by atoms with E-state index in [0.717, 1.165) is 24.4 Å². The number of nitrogens with one attached hydrogen (secondary N) is 1. The first-order valence-corrected chi connectivity index (χ1v) is 8.03. The highest BCUT2D eigenvalue weighted by Crippen LogP contribution is 2.33. The van der Waals surface area contributed by atoms with Gasteiger partial charge < -0.3 is 15.8 Å². The standard InChI is InChI=1S/C19H23N3O/c1-13(21-12-15-6-4-3-5-7-15)10-16-8-9-18-17(11-16)22-19(20)14(2)23-18/h3-9,11,13-14,21H,10,12H2,1-2H3,(H2,20,22). The lowest BCUT2D eigenvalue weighted by Crippen LogP contribution is -2.33. The van der Waals surface area contributed by atoms with Gasteiger partial charge in [-0.3, -0.25) is 0 Å². The van der Waals surface area contributed by atoms with Crippen LogP contribution in [0.25, 0.3) is 0 Å². The van der Waals surface area contributed by atoms with Crippen LogP contribution in [-0.2, 0) is 13.0 Å². The van der Waals surface area contributed by atoms with E-state index >= 15 is 0 Å². The first-order chi connectivity index (χ1) is 11.1. The summed E-state index contributed by atoms with van der Waals surface area (Å²) in [5, 5.41) is 3.55. The highest BCUT2D eigenvalue weighted by molar-refractivity contribution is 5.89. The molecule has 2 aromatic rings. The van der Waals surface area contributed by atoms with Crippen molar-refractivity contribution in [3.63, 3.8) is 0 Å². The monoisotopic (exact) mass is 309 g/mol. The van der Waals surface area contributed by atoms with E-state index in [9.17, 15) is 0 Å². The number of hydrogen-bond donors (Lipinski definition) is 2. The fourth-order valence-corrected chi connectivity index (χ4v) is 2.67. The van der Waals surface area contributed by atoms with E-state index < -0.39 is 0 Å². The second-order valence-electron chi connectivity index (χ2n) is 6.07. The van der Waals surface area contributed by atoms with Gasteiger partial charge in [0.25, 0.3) is 0 Å². The minimum absolute atomic E-state index is 0.153. The molecule has 0 amide bonds. The molecule has 2 atom stereocenters. The van der Waals surface area contributed by atoms with E-state index in [4.69, 9.17) is 10.5 Å². The molecule has 2 unspecified atom stereocenters. The fraction of sp³-hybridized carbons (Fsp3) is 0.316. The van der Waals surface area contributed by atoms with E-state index in [1.165, 1.54) is 11.1 Å². The van der Waals surface area contributed by atoms with Gasteiger partial charge in [-0.2, -0.15) is 0 Å². The maximum absolute atomic E-state index is 5.87. The molecular weight excluding hydrogens is 286 g/mol. The van der Waals surface area contributed by atoms with Crippen LogP contribution in [0.1, 0.15) is 25.0 Å². The number of fused-ring (bicyclic) bond motifs is 1. The lowest BCUT2D eigenvalue weighted by molar-refractivity contribution is 0.281. The van der Waals surface area contributed by atoms with Crippen LogP contribution >= 0.6 is 0 Å². The Morgan fingerprint density at radius 3 is 2.74 bits per heavy atom. The molecular formula is C19H23N3O. The van der Waals surface area contributed by atoms with Crippen molar-refractivity contribution in [2.24, 2.45) is 10.7 Å². The van der Waals surface area contributed by atoms with Crippen LogP contribution in [-0.4, -0.2) is 18.0 Å². The lowest BCUT2D eigenvalue weighted by Gasteiger charge is -2.22. The Morgan fingerprint density at radius 1 is 1.17 bits per heavy atom. The molecule has 0 saturated carbocycles. The van der Waals surface area contributed by atoms with Gasteiger partial charge in [0.1, 0.15) is 17.3 Å². The summed E-state index contributed by atoms with van der Waals surface area (Å²) in [6, 6.07) is 17.0. The molecule has 3 N–H and O–H groups in total. The number of hydrogen-bond acceptors (Lipinski definition) is 4. The van der Waals surface area contributed by atoms with Crippen molar-refractivity contribution in [2.45, 2.75) is 39.0 Å². The van der Waals surface area contributed by atoms with Crippen LogP contribution in [0.2, 0.25) is 0 Å². The third-order valence-electron chi connectivity index (χ3n) is 4.03. The average molecular weight is 309 g/mol. The molecule has 0 bridgehead atoms. The molecule has 23 heavy (non-hydrogen) atoms. The van der Waals surface area contributed by atoms with Crippen molar-refractivity contribution in [3.8, 4) is 5.75 Å². The molecule has 0 fully saturated rings. The van der Waals surface area contributed by atoms with Crippen molar-refractivity contribution in [2.75, 3.05) is 0 Å². The maximum atomic E-state index is 5.87. The van der Waals surface area contributed by atoms with Crippen LogP contribution in [0, 0.1) is 0 Å². The summed E-state index contributed by atoms with van der Waals surface area (Å²) >= 11 is 0. The van der Waals surface area contributed by atoms with Crippen LogP contribution in [0.5, 0.6) is 5.75 Å². The van der Waals surface area contributed by atoms with E-state index in [1.807, 2.05) is 19.1 Å². The summed E-state index contributed by atoms with van der Waals surface area (Å²) in [5.41, 5.74) is 9.22. The van der Waals surface area contributed by atoms with Gasteiger partial charge in [0, 0.05) is 12.6 Å². The van der Waals surface area contributed by atoms with Gasteiger partial charge in [0.15, 0.2) is 6.10 Å². The average Bonchev–Trinajstić information content (AvgIpc) is 2.55. The zero-order valence-electron chi connectivity index (χ0n) is 13.6. The molecule has 2 aromatic carbocycles. The fourth-order valence-electron chi connectivity index (χ4n) is 2.67. The van der Waals surface area contributed by atoms with Crippen molar-refractivity contribution in [1.29, 1.82) is 0 Å². The zero-order valence-corrected chi connectivity index (χ0v) is 13.6. The molecule has 4 heteroatoms. The molecule has 0 aliphatic carbocycles. The number of nitrogens with zero attached hydrogens (tertiary/aromatic N) is 1. The molecule has 4 nitrogen and oxygen atoms in total. The summed E-state index contributed by atoms with van der Waals surface area (Å²) in [4.78, 5) is 4.44. The lowest BCUT2D eigenvalue weighted by atomic mass is 10.0. The zero-order chi connectivity index (χ0) is 16.2. The van der Waals surface area contributed by atoms with E-state index in [2.05, 4.69) is 53.6 Å². The molecule has 3 rings (SSSR count). The largest absolute Gasteiger partial charge is 0.481 e. The summed E-state index contributed by atoms with van der Waals surface area (Å²) in [6.07, 6.45) is 0.783. The summed E-state index contributed by atoms with van der Waals surface area (Å²) < 4.78 is 5.74. The second-order valence-corrected chi connectivity index (χ2v) is 6.07. The Balaban J connectivity index is 1.62. The van der Waals surface area contributed by atoms with Crippen LogP contribution in [0.3, 0.4) is 0 Å². The van der Waals surface area contributed by atoms with Gasteiger partial charge in [-0.1, -0.05) is 36.4 Å². The van der Waals surface area contributed by atoms with Crippen molar-refractivity contribution in [1.82, 2.24) is 5.32 Å². The highest BCUT2D eigenvalue weighted by Gasteiger charge is 2.18. The van der Waals surface area contributed by atoms with E-state index in [-0.39, 0.29) is 6.10 Å².